The monoisotopic (exact) mass is 446 g/mol. The van der Waals surface area contributed by atoms with Crippen molar-refractivity contribution in [3.8, 4) is 5.69 Å². The number of carbonyl (C=O) groups excluding carboxylic acids is 1. The van der Waals surface area contributed by atoms with Gasteiger partial charge >= 0.3 is 6.18 Å². The highest BCUT2D eigenvalue weighted by atomic mass is 19.4. The summed E-state index contributed by atoms with van der Waals surface area (Å²) in [4.78, 5) is 21.8. The van der Waals surface area contributed by atoms with Crippen molar-refractivity contribution in [1.29, 1.82) is 0 Å². The lowest BCUT2D eigenvalue weighted by molar-refractivity contribution is -0.137. The molecule has 0 radical (unpaired) electrons. The first-order valence-electron chi connectivity index (χ1n) is 10.1. The van der Waals surface area contributed by atoms with E-state index in [1.54, 1.807) is 9.80 Å². The fourth-order valence-electron chi connectivity index (χ4n) is 4.38. The summed E-state index contributed by atoms with van der Waals surface area (Å²) in [6, 6.07) is 5.97. The number of benzene rings is 1. The van der Waals surface area contributed by atoms with Crippen LogP contribution in [0.2, 0.25) is 0 Å². The Morgan fingerprint density at radius 1 is 1.06 bits per heavy atom. The summed E-state index contributed by atoms with van der Waals surface area (Å²) in [7, 11) is 0. The lowest BCUT2D eigenvalue weighted by atomic mass is 9.81. The minimum absolute atomic E-state index is 0.0295. The zero-order valence-electron chi connectivity index (χ0n) is 16.7. The Kier molecular flexibility index (Phi) is 4.83. The van der Waals surface area contributed by atoms with Crippen LogP contribution in [0.3, 0.4) is 0 Å². The summed E-state index contributed by atoms with van der Waals surface area (Å²) >= 11 is 0. The number of hydrogen-bond acceptors (Lipinski definition) is 5. The molecule has 2 aliphatic heterocycles. The topological polar surface area (TPSA) is 67.2 Å². The smallest absolute Gasteiger partial charge is 0.355 e. The second-order valence-corrected chi connectivity index (χ2v) is 7.87. The Bertz CT molecular complexity index is 1150. The molecule has 11 heteroatoms. The van der Waals surface area contributed by atoms with Crippen LogP contribution in [0.5, 0.6) is 0 Å². The number of para-hydroxylation sites is 1. The van der Waals surface area contributed by atoms with Crippen LogP contribution in [-0.2, 0) is 6.18 Å². The van der Waals surface area contributed by atoms with Crippen LogP contribution in [0.25, 0.3) is 5.69 Å². The van der Waals surface area contributed by atoms with Crippen LogP contribution < -0.4 is 4.90 Å². The second kappa shape index (κ2) is 7.57. The molecule has 0 saturated carbocycles. The van der Waals surface area contributed by atoms with E-state index in [1.165, 1.54) is 30.6 Å². The summed E-state index contributed by atoms with van der Waals surface area (Å²) < 4.78 is 53.8. The van der Waals surface area contributed by atoms with Gasteiger partial charge in [-0.3, -0.25) is 4.79 Å². The van der Waals surface area contributed by atoms with Crippen LogP contribution >= 0.6 is 0 Å². The molecule has 7 nitrogen and oxygen atoms in total. The number of alkyl halides is 3. The number of likely N-dealkylation sites (tertiary alicyclic amines) is 1. The van der Waals surface area contributed by atoms with Gasteiger partial charge in [0.05, 0.1) is 29.6 Å². The lowest BCUT2D eigenvalue weighted by Crippen LogP contribution is -2.66. The second-order valence-electron chi connectivity index (χ2n) is 7.87. The molecule has 2 atom stereocenters. The predicted molar refractivity (Wildman–Crippen MR) is 106 cm³/mol. The Labute approximate surface area is 180 Å². The van der Waals surface area contributed by atoms with Gasteiger partial charge in [-0.25, -0.2) is 9.37 Å². The van der Waals surface area contributed by atoms with Crippen LogP contribution in [0.15, 0.2) is 48.9 Å². The van der Waals surface area contributed by atoms with Crippen molar-refractivity contribution >= 4 is 11.7 Å². The SMILES string of the molecule is O=C(c1cccc(F)c1-n1nccn1)N1C[C@H]2CCN(c3cc(C(F)(F)F)ccn3)C[C@H]21. The average molecular weight is 446 g/mol. The first kappa shape index (κ1) is 20.4. The third-order valence-corrected chi connectivity index (χ3v) is 6.05. The van der Waals surface area contributed by atoms with E-state index in [-0.39, 0.29) is 34.9 Å². The fraction of sp³-hybridized carbons (Fsp3) is 0.333. The summed E-state index contributed by atoms with van der Waals surface area (Å²) in [6.45, 7) is 1.42. The van der Waals surface area contributed by atoms with Gasteiger partial charge in [0.2, 0.25) is 0 Å². The van der Waals surface area contributed by atoms with Crippen LogP contribution in [-0.4, -0.2) is 56.5 Å². The maximum Gasteiger partial charge on any atom is 0.416 e. The number of fused-ring (bicyclic) bond motifs is 1. The molecule has 1 amide bonds. The molecule has 0 aliphatic carbocycles. The van der Waals surface area contributed by atoms with Gasteiger partial charge in [0.25, 0.3) is 5.91 Å². The van der Waals surface area contributed by atoms with Gasteiger partial charge in [-0.1, -0.05) is 6.07 Å². The molecule has 3 aromatic rings. The lowest BCUT2D eigenvalue weighted by Gasteiger charge is -2.53. The van der Waals surface area contributed by atoms with E-state index in [0.29, 0.717) is 19.6 Å². The van der Waals surface area contributed by atoms with Crippen molar-refractivity contribution in [2.45, 2.75) is 18.6 Å². The molecule has 4 heterocycles. The summed E-state index contributed by atoms with van der Waals surface area (Å²) in [5, 5.41) is 7.88. The Morgan fingerprint density at radius 3 is 2.59 bits per heavy atom. The van der Waals surface area contributed by atoms with Crippen LogP contribution in [0.4, 0.5) is 23.4 Å². The highest BCUT2D eigenvalue weighted by Crippen LogP contribution is 2.37. The van der Waals surface area contributed by atoms with Crippen molar-refractivity contribution in [1.82, 2.24) is 24.9 Å². The summed E-state index contributed by atoms with van der Waals surface area (Å²) in [5.74, 6) is -0.523. The third kappa shape index (κ3) is 3.47. The summed E-state index contributed by atoms with van der Waals surface area (Å²) in [5.41, 5.74) is -0.658. The highest BCUT2D eigenvalue weighted by molar-refractivity contribution is 5.98. The van der Waals surface area contributed by atoms with E-state index in [4.69, 9.17) is 0 Å². The van der Waals surface area contributed by atoms with E-state index >= 15 is 0 Å². The van der Waals surface area contributed by atoms with Gasteiger partial charge < -0.3 is 9.80 Å². The van der Waals surface area contributed by atoms with E-state index < -0.39 is 17.6 Å². The maximum atomic E-state index is 14.5. The largest absolute Gasteiger partial charge is 0.416 e. The van der Waals surface area contributed by atoms with Gasteiger partial charge in [-0.05, 0) is 30.7 Å². The number of anilines is 1. The number of halogens is 4. The molecular formula is C21H18F4N6O. The van der Waals surface area contributed by atoms with Crippen LogP contribution in [0.1, 0.15) is 22.3 Å². The molecule has 5 rings (SSSR count). The number of piperidine rings is 1. The van der Waals surface area contributed by atoms with Gasteiger partial charge in [0, 0.05) is 31.7 Å². The molecule has 2 fully saturated rings. The van der Waals surface area contributed by atoms with Crippen molar-refractivity contribution in [3.63, 3.8) is 0 Å². The fourth-order valence-corrected chi connectivity index (χ4v) is 4.38. The standard InChI is InChI=1S/C21H18F4N6O/c22-16-3-1-2-15(19(16)31-27-7-8-28-31)20(32)30-11-13-5-9-29(12-17(13)30)18-10-14(4-6-26-18)21(23,24)25/h1-4,6-8,10,13,17H,5,9,11-12H2/t13-,17-/m1/s1. The molecule has 0 N–H and O–H groups in total. The number of nitrogens with zero attached hydrogens (tertiary/aromatic N) is 6. The van der Waals surface area contributed by atoms with Crippen LogP contribution in [0, 0.1) is 11.7 Å². The average Bonchev–Trinajstić information content (AvgIpc) is 3.28. The van der Waals surface area contributed by atoms with Gasteiger partial charge in [0.1, 0.15) is 11.5 Å². The quantitative estimate of drug-likeness (QED) is 0.579. The number of amides is 1. The Balaban J connectivity index is 1.39. The zero-order valence-corrected chi connectivity index (χ0v) is 16.7. The maximum absolute atomic E-state index is 14.5. The van der Waals surface area contributed by atoms with Gasteiger partial charge in [0.15, 0.2) is 5.82 Å². The molecular weight excluding hydrogens is 428 g/mol. The molecule has 32 heavy (non-hydrogen) atoms. The van der Waals surface area contributed by atoms with E-state index in [2.05, 4.69) is 15.2 Å². The van der Waals surface area contributed by atoms with Crippen molar-refractivity contribution in [2.24, 2.45) is 5.92 Å². The van der Waals surface area contributed by atoms with E-state index in [0.717, 1.165) is 29.5 Å². The van der Waals surface area contributed by atoms with Crippen molar-refractivity contribution in [2.75, 3.05) is 24.5 Å². The van der Waals surface area contributed by atoms with Gasteiger partial charge in [-0.2, -0.15) is 23.4 Å². The molecule has 0 spiro atoms. The van der Waals surface area contributed by atoms with E-state index in [9.17, 15) is 22.4 Å². The summed E-state index contributed by atoms with van der Waals surface area (Å²) in [6.07, 6.45) is 0.193. The number of pyridine rings is 1. The molecule has 1 aromatic carbocycles. The van der Waals surface area contributed by atoms with Crippen molar-refractivity contribution in [3.05, 3.63) is 65.9 Å². The molecule has 0 unspecified atom stereocenters. The minimum atomic E-state index is -4.46. The molecule has 2 aliphatic rings. The Morgan fingerprint density at radius 2 is 1.84 bits per heavy atom. The molecule has 166 valence electrons. The number of carbonyl (C=O) groups is 1. The zero-order chi connectivity index (χ0) is 22.5. The number of aromatic nitrogens is 4. The number of rotatable bonds is 3. The Hall–Kier alpha value is -3.50. The first-order chi connectivity index (χ1) is 15.3. The molecule has 2 aromatic heterocycles. The number of hydrogen-bond donors (Lipinski definition) is 0. The first-order valence-corrected chi connectivity index (χ1v) is 10.1. The van der Waals surface area contributed by atoms with Crippen molar-refractivity contribution < 1.29 is 22.4 Å². The third-order valence-electron chi connectivity index (χ3n) is 6.05. The molecule has 2 saturated heterocycles. The highest BCUT2D eigenvalue weighted by Gasteiger charge is 2.46. The van der Waals surface area contributed by atoms with Gasteiger partial charge in [-0.15, -0.1) is 4.80 Å². The molecule has 0 bridgehead atoms. The predicted octanol–water partition coefficient (Wildman–Crippen LogP) is 3.17. The van der Waals surface area contributed by atoms with E-state index in [1.807, 2.05) is 0 Å². The normalized spacial score (nSPS) is 20.6. The minimum Gasteiger partial charge on any atom is -0.355 e.